The lowest BCUT2D eigenvalue weighted by atomic mass is 10.1. The molecule has 0 aliphatic carbocycles. The van der Waals surface area contributed by atoms with Crippen molar-refractivity contribution in [2.45, 2.75) is 32.7 Å². The van der Waals surface area contributed by atoms with Crippen LogP contribution in [-0.2, 0) is 4.79 Å². The van der Waals surface area contributed by atoms with E-state index in [0.29, 0.717) is 6.04 Å². The first-order valence-corrected chi connectivity index (χ1v) is 3.54. The first-order valence-electron chi connectivity index (χ1n) is 3.54. The van der Waals surface area contributed by atoms with Gasteiger partial charge in [-0.3, -0.25) is 4.79 Å². The number of rotatable bonds is 1. The van der Waals surface area contributed by atoms with Crippen LogP contribution in [0.15, 0.2) is 0 Å². The number of carbonyl (C=O) groups excluding carboxylic acids is 1. The fourth-order valence-electron chi connectivity index (χ4n) is 1.20. The standard InChI is InChI=1S/C7H13NO/c1-3-6-4-5(2)7(9)8-6/h5-6H,3-4H2,1-2H3,(H,8,9). The molecule has 2 unspecified atom stereocenters. The van der Waals surface area contributed by atoms with E-state index in [1.807, 2.05) is 6.92 Å². The Hall–Kier alpha value is -0.530. The van der Waals surface area contributed by atoms with E-state index in [-0.39, 0.29) is 11.8 Å². The molecule has 9 heavy (non-hydrogen) atoms. The molecule has 1 heterocycles. The van der Waals surface area contributed by atoms with Gasteiger partial charge in [0.15, 0.2) is 0 Å². The van der Waals surface area contributed by atoms with Gasteiger partial charge < -0.3 is 5.32 Å². The van der Waals surface area contributed by atoms with Crippen molar-refractivity contribution in [3.63, 3.8) is 0 Å². The molecular formula is C7H13NO. The van der Waals surface area contributed by atoms with Crippen LogP contribution in [-0.4, -0.2) is 11.9 Å². The van der Waals surface area contributed by atoms with Gasteiger partial charge in [-0.1, -0.05) is 13.8 Å². The van der Waals surface area contributed by atoms with Crippen molar-refractivity contribution in [3.05, 3.63) is 0 Å². The van der Waals surface area contributed by atoms with Crippen molar-refractivity contribution in [2.75, 3.05) is 0 Å². The summed E-state index contributed by atoms with van der Waals surface area (Å²) in [6, 6.07) is 0.451. The fraction of sp³-hybridized carbons (Fsp3) is 0.857. The van der Waals surface area contributed by atoms with Crippen LogP contribution in [0.1, 0.15) is 26.7 Å². The van der Waals surface area contributed by atoms with Crippen molar-refractivity contribution in [3.8, 4) is 0 Å². The molecule has 2 heteroatoms. The highest BCUT2D eigenvalue weighted by Crippen LogP contribution is 2.15. The smallest absolute Gasteiger partial charge is 0.223 e. The largest absolute Gasteiger partial charge is 0.353 e. The maximum Gasteiger partial charge on any atom is 0.223 e. The molecule has 0 spiro atoms. The van der Waals surface area contributed by atoms with Crippen molar-refractivity contribution >= 4 is 5.91 Å². The third-order valence-electron chi connectivity index (χ3n) is 1.92. The van der Waals surface area contributed by atoms with Gasteiger partial charge in [0.05, 0.1) is 0 Å². The molecular weight excluding hydrogens is 114 g/mol. The second-order valence-corrected chi connectivity index (χ2v) is 2.75. The van der Waals surface area contributed by atoms with Crippen LogP contribution >= 0.6 is 0 Å². The highest BCUT2D eigenvalue weighted by atomic mass is 16.2. The lowest BCUT2D eigenvalue weighted by molar-refractivity contribution is -0.122. The Balaban J connectivity index is 2.44. The van der Waals surface area contributed by atoms with Gasteiger partial charge in [0.2, 0.25) is 5.91 Å². The molecule has 1 saturated heterocycles. The van der Waals surface area contributed by atoms with Crippen molar-refractivity contribution < 1.29 is 4.79 Å². The molecule has 0 aromatic rings. The first-order chi connectivity index (χ1) is 4.24. The lowest BCUT2D eigenvalue weighted by Crippen LogP contribution is -2.25. The van der Waals surface area contributed by atoms with E-state index in [1.54, 1.807) is 0 Å². The Morgan fingerprint density at radius 3 is 2.67 bits per heavy atom. The summed E-state index contributed by atoms with van der Waals surface area (Å²) in [4.78, 5) is 10.8. The van der Waals surface area contributed by atoms with E-state index < -0.39 is 0 Å². The Kier molecular flexibility index (Phi) is 1.74. The predicted molar refractivity (Wildman–Crippen MR) is 36.0 cm³/mol. The second kappa shape index (κ2) is 2.38. The zero-order chi connectivity index (χ0) is 6.85. The lowest BCUT2D eigenvalue weighted by Gasteiger charge is -2.02. The van der Waals surface area contributed by atoms with Crippen LogP contribution in [0.4, 0.5) is 0 Å². The molecule has 2 nitrogen and oxygen atoms in total. The average Bonchev–Trinajstić information content (AvgIpc) is 2.13. The zero-order valence-corrected chi connectivity index (χ0v) is 5.98. The normalized spacial score (nSPS) is 34.7. The SMILES string of the molecule is CCC1CC(C)C(=O)N1. The summed E-state index contributed by atoms with van der Waals surface area (Å²) in [6.45, 7) is 4.08. The first kappa shape index (κ1) is 6.59. The Morgan fingerprint density at radius 1 is 1.78 bits per heavy atom. The number of hydrogen-bond acceptors (Lipinski definition) is 1. The summed E-state index contributed by atoms with van der Waals surface area (Å²) in [6.07, 6.45) is 2.09. The number of carbonyl (C=O) groups is 1. The molecule has 0 aromatic heterocycles. The number of nitrogens with one attached hydrogen (secondary N) is 1. The topological polar surface area (TPSA) is 29.1 Å². The second-order valence-electron chi connectivity index (χ2n) is 2.75. The summed E-state index contributed by atoms with van der Waals surface area (Å²) in [7, 11) is 0. The maximum absolute atomic E-state index is 10.8. The Labute approximate surface area is 55.6 Å². The zero-order valence-electron chi connectivity index (χ0n) is 5.98. The summed E-state index contributed by atoms with van der Waals surface area (Å²) in [5.74, 6) is 0.469. The van der Waals surface area contributed by atoms with Gasteiger partial charge >= 0.3 is 0 Å². The van der Waals surface area contributed by atoms with E-state index >= 15 is 0 Å². The van der Waals surface area contributed by atoms with Crippen molar-refractivity contribution in [1.29, 1.82) is 0 Å². The molecule has 1 aliphatic rings. The molecule has 1 amide bonds. The summed E-state index contributed by atoms with van der Waals surface area (Å²) in [5.41, 5.74) is 0. The van der Waals surface area contributed by atoms with E-state index in [1.165, 1.54) is 0 Å². The third-order valence-corrected chi connectivity index (χ3v) is 1.92. The third kappa shape index (κ3) is 1.23. The Bertz CT molecular complexity index is 122. The summed E-state index contributed by atoms with van der Waals surface area (Å²) >= 11 is 0. The van der Waals surface area contributed by atoms with Gasteiger partial charge in [0.25, 0.3) is 0 Å². The number of amides is 1. The maximum atomic E-state index is 10.8. The van der Waals surface area contributed by atoms with Crippen molar-refractivity contribution in [1.82, 2.24) is 5.32 Å². The van der Waals surface area contributed by atoms with Crippen LogP contribution in [0.5, 0.6) is 0 Å². The molecule has 1 aliphatic heterocycles. The molecule has 1 N–H and O–H groups in total. The summed E-state index contributed by atoms with van der Waals surface area (Å²) < 4.78 is 0. The van der Waals surface area contributed by atoms with Crippen LogP contribution in [0.3, 0.4) is 0 Å². The molecule has 0 radical (unpaired) electrons. The van der Waals surface area contributed by atoms with E-state index in [9.17, 15) is 4.79 Å². The minimum atomic E-state index is 0.224. The average molecular weight is 127 g/mol. The quantitative estimate of drug-likeness (QED) is 0.557. The van der Waals surface area contributed by atoms with Crippen LogP contribution in [0, 0.1) is 5.92 Å². The van der Waals surface area contributed by atoms with Gasteiger partial charge in [-0.15, -0.1) is 0 Å². The summed E-state index contributed by atoms with van der Waals surface area (Å²) in [5, 5.41) is 2.91. The highest BCUT2D eigenvalue weighted by Gasteiger charge is 2.26. The molecule has 1 rings (SSSR count). The molecule has 0 saturated carbocycles. The molecule has 1 fully saturated rings. The Morgan fingerprint density at radius 2 is 2.44 bits per heavy atom. The van der Waals surface area contributed by atoms with Crippen LogP contribution < -0.4 is 5.32 Å². The van der Waals surface area contributed by atoms with Crippen LogP contribution in [0.25, 0.3) is 0 Å². The van der Waals surface area contributed by atoms with Gasteiger partial charge in [-0.25, -0.2) is 0 Å². The van der Waals surface area contributed by atoms with Gasteiger partial charge in [0.1, 0.15) is 0 Å². The van der Waals surface area contributed by atoms with Gasteiger partial charge in [-0.2, -0.15) is 0 Å². The molecule has 0 aromatic carbocycles. The molecule has 2 atom stereocenters. The minimum absolute atomic E-state index is 0.224. The number of hydrogen-bond donors (Lipinski definition) is 1. The van der Waals surface area contributed by atoms with Crippen LogP contribution in [0.2, 0.25) is 0 Å². The van der Waals surface area contributed by atoms with E-state index in [0.717, 1.165) is 12.8 Å². The highest BCUT2D eigenvalue weighted by molar-refractivity contribution is 5.80. The molecule has 0 bridgehead atoms. The monoisotopic (exact) mass is 127 g/mol. The van der Waals surface area contributed by atoms with E-state index in [4.69, 9.17) is 0 Å². The van der Waals surface area contributed by atoms with Gasteiger partial charge in [0, 0.05) is 12.0 Å². The van der Waals surface area contributed by atoms with E-state index in [2.05, 4.69) is 12.2 Å². The fourth-order valence-corrected chi connectivity index (χ4v) is 1.20. The molecule has 52 valence electrons. The predicted octanol–water partition coefficient (Wildman–Crippen LogP) is 0.921. The van der Waals surface area contributed by atoms with Gasteiger partial charge in [-0.05, 0) is 12.8 Å². The van der Waals surface area contributed by atoms with Crippen molar-refractivity contribution in [2.24, 2.45) is 5.92 Å². The minimum Gasteiger partial charge on any atom is -0.353 e.